The van der Waals surface area contributed by atoms with E-state index in [1.807, 2.05) is 0 Å². The predicted octanol–water partition coefficient (Wildman–Crippen LogP) is 4.42. The van der Waals surface area contributed by atoms with Gasteiger partial charge >= 0.3 is 0 Å². The zero-order valence-electron chi connectivity index (χ0n) is 10.1. The van der Waals surface area contributed by atoms with E-state index >= 15 is 0 Å². The van der Waals surface area contributed by atoms with Crippen molar-refractivity contribution in [3.63, 3.8) is 0 Å². The quantitative estimate of drug-likeness (QED) is 0.552. The predicted molar refractivity (Wildman–Crippen MR) is 59.7 cm³/mol. The first kappa shape index (κ1) is 10.8. The molecule has 0 saturated heterocycles. The second kappa shape index (κ2) is 3.15. The van der Waals surface area contributed by atoms with Crippen molar-refractivity contribution in [2.75, 3.05) is 0 Å². The molecule has 0 fully saturated rings. The Morgan fingerprint density at radius 2 is 1.85 bits per heavy atom. The minimum absolute atomic E-state index is 0.472. The van der Waals surface area contributed by atoms with Gasteiger partial charge in [-0.25, -0.2) is 0 Å². The maximum absolute atomic E-state index is 2.46. The lowest BCUT2D eigenvalue weighted by Crippen LogP contribution is -2.25. The molecule has 0 aliphatic heterocycles. The van der Waals surface area contributed by atoms with Gasteiger partial charge in [0.1, 0.15) is 0 Å². The summed E-state index contributed by atoms with van der Waals surface area (Å²) >= 11 is 0. The van der Waals surface area contributed by atoms with Gasteiger partial charge in [-0.2, -0.15) is 0 Å². The van der Waals surface area contributed by atoms with Crippen LogP contribution in [0.5, 0.6) is 0 Å². The highest BCUT2D eigenvalue weighted by Crippen LogP contribution is 2.44. The van der Waals surface area contributed by atoms with Gasteiger partial charge in [0.25, 0.3) is 0 Å². The summed E-state index contributed by atoms with van der Waals surface area (Å²) < 4.78 is 0. The Hall–Kier alpha value is -0.260. The first-order valence-electron chi connectivity index (χ1n) is 5.41. The van der Waals surface area contributed by atoms with E-state index in [-0.39, 0.29) is 0 Å². The van der Waals surface area contributed by atoms with Gasteiger partial charge in [0.15, 0.2) is 0 Å². The monoisotopic (exact) mass is 180 g/mol. The minimum Gasteiger partial charge on any atom is -0.0790 e. The molecule has 0 amide bonds. The molecule has 1 aliphatic rings. The summed E-state index contributed by atoms with van der Waals surface area (Å²) in [6, 6.07) is 0. The van der Waals surface area contributed by atoms with E-state index in [0.717, 1.165) is 5.92 Å². The molecule has 1 rings (SSSR count). The maximum atomic E-state index is 2.46. The first-order chi connectivity index (χ1) is 5.70. The van der Waals surface area contributed by atoms with E-state index < -0.39 is 0 Å². The molecule has 0 bridgehead atoms. The van der Waals surface area contributed by atoms with Gasteiger partial charge < -0.3 is 0 Å². The van der Waals surface area contributed by atoms with Crippen molar-refractivity contribution in [3.8, 4) is 0 Å². The van der Waals surface area contributed by atoms with Crippen LogP contribution >= 0.6 is 0 Å². The molecule has 0 aromatic heterocycles. The summed E-state index contributed by atoms with van der Waals surface area (Å²) in [5.41, 5.74) is 2.64. The SMILES string of the molecule is CC(CC(C)(C)C)C1=CC(C)(C)C1. The van der Waals surface area contributed by atoms with Crippen molar-refractivity contribution >= 4 is 0 Å². The van der Waals surface area contributed by atoms with E-state index in [9.17, 15) is 0 Å². The molecular weight excluding hydrogens is 156 g/mol. The van der Waals surface area contributed by atoms with Gasteiger partial charge in [0.2, 0.25) is 0 Å². The average molecular weight is 180 g/mol. The summed E-state index contributed by atoms with van der Waals surface area (Å²) in [4.78, 5) is 0. The fraction of sp³-hybridized carbons (Fsp3) is 0.846. The third-order valence-electron chi connectivity index (χ3n) is 2.79. The Balaban J connectivity index is 2.48. The van der Waals surface area contributed by atoms with Crippen molar-refractivity contribution in [3.05, 3.63) is 11.6 Å². The Morgan fingerprint density at radius 3 is 2.15 bits per heavy atom. The van der Waals surface area contributed by atoms with Crippen LogP contribution in [0.25, 0.3) is 0 Å². The molecule has 1 atom stereocenters. The lowest BCUT2D eigenvalue weighted by molar-refractivity contribution is 0.296. The molecule has 0 aromatic rings. The van der Waals surface area contributed by atoms with Crippen LogP contribution in [0.15, 0.2) is 11.6 Å². The zero-order valence-corrected chi connectivity index (χ0v) is 10.1. The Morgan fingerprint density at radius 1 is 1.38 bits per heavy atom. The van der Waals surface area contributed by atoms with Crippen LogP contribution in [0.4, 0.5) is 0 Å². The Labute approximate surface area is 83.4 Å². The summed E-state index contributed by atoms with van der Waals surface area (Å²) in [5.74, 6) is 0.785. The van der Waals surface area contributed by atoms with Gasteiger partial charge in [-0.05, 0) is 29.6 Å². The largest absolute Gasteiger partial charge is 0.0790 e. The summed E-state index contributed by atoms with van der Waals surface area (Å²) in [7, 11) is 0. The van der Waals surface area contributed by atoms with Gasteiger partial charge in [-0.3, -0.25) is 0 Å². The van der Waals surface area contributed by atoms with Gasteiger partial charge in [-0.1, -0.05) is 53.2 Å². The maximum Gasteiger partial charge on any atom is -0.0135 e. The van der Waals surface area contributed by atoms with Crippen LogP contribution < -0.4 is 0 Å². The fourth-order valence-corrected chi connectivity index (χ4v) is 2.37. The van der Waals surface area contributed by atoms with Crippen LogP contribution in [-0.4, -0.2) is 0 Å². The molecule has 0 N–H and O–H groups in total. The molecule has 0 radical (unpaired) electrons. The van der Waals surface area contributed by atoms with E-state index in [4.69, 9.17) is 0 Å². The van der Waals surface area contributed by atoms with Crippen LogP contribution in [0.1, 0.15) is 54.4 Å². The minimum atomic E-state index is 0.472. The third kappa shape index (κ3) is 3.17. The number of hydrogen-bond acceptors (Lipinski definition) is 0. The summed E-state index contributed by atoms with van der Waals surface area (Å²) in [6.07, 6.45) is 5.09. The van der Waals surface area contributed by atoms with Crippen LogP contribution in [0.2, 0.25) is 0 Å². The van der Waals surface area contributed by atoms with E-state index in [0.29, 0.717) is 10.8 Å². The highest BCUT2D eigenvalue weighted by molar-refractivity contribution is 5.23. The van der Waals surface area contributed by atoms with Crippen LogP contribution in [0.3, 0.4) is 0 Å². The molecule has 0 heterocycles. The molecule has 0 saturated carbocycles. The molecule has 0 aromatic carbocycles. The average Bonchev–Trinajstić information content (AvgIpc) is 1.77. The van der Waals surface area contributed by atoms with Crippen molar-refractivity contribution in [2.45, 2.75) is 54.4 Å². The molecule has 1 aliphatic carbocycles. The topological polar surface area (TPSA) is 0 Å². The molecule has 1 unspecified atom stereocenters. The van der Waals surface area contributed by atoms with E-state index in [2.05, 4.69) is 47.6 Å². The fourth-order valence-electron chi connectivity index (χ4n) is 2.37. The normalized spacial score (nSPS) is 23.4. The van der Waals surface area contributed by atoms with Gasteiger partial charge in [-0.15, -0.1) is 0 Å². The molecule has 0 heteroatoms. The zero-order chi connectivity index (χ0) is 10.3. The lowest BCUT2D eigenvalue weighted by Gasteiger charge is -2.38. The second-order valence-corrected chi connectivity index (χ2v) is 6.55. The highest BCUT2D eigenvalue weighted by atomic mass is 14.4. The third-order valence-corrected chi connectivity index (χ3v) is 2.79. The molecule has 0 nitrogen and oxygen atoms in total. The van der Waals surface area contributed by atoms with Gasteiger partial charge in [0, 0.05) is 0 Å². The first-order valence-corrected chi connectivity index (χ1v) is 5.41. The number of rotatable bonds is 2. The summed E-state index contributed by atoms with van der Waals surface area (Å²) in [6.45, 7) is 14.0. The lowest BCUT2D eigenvalue weighted by atomic mass is 9.68. The Kier molecular flexibility index (Phi) is 2.62. The standard InChI is InChI=1S/C13H24/c1-10(7-12(2,3)4)11-8-13(5,6)9-11/h8,10H,7,9H2,1-6H3. The van der Waals surface area contributed by atoms with Crippen LogP contribution in [-0.2, 0) is 0 Å². The van der Waals surface area contributed by atoms with E-state index in [1.165, 1.54) is 12.8 Å². The number of hydrogen-bond donors (Lipinski definition) is 0. The van der Waals surface area contributed by atoms with Crippen molar-refractivity contribution in [1.82, 2.24) is 0 Å². The molecule has 76 valence electrons. The second-order valence-electron chi connectivity index (χ2n) is 6.55. The summed E-state index contributed by atoms with van der Waals surface area (Å²) in [5, 5.41) is 0. The van der Waals surface area contributed by atoms with Crippen LogP contribution in [0, 0.1) is 16.7 Å². The molecular formula is C13H24. The van der Waals surface area contributed by atoms with Crippen molar-refractivity contribution in [2.24, 2.45) is 16.7 Å². The highest BCUT2D eigenvalue weighted by Gasteiger charge is 2.30. The van der Waals surface area contributed by atoms with Crippen molar-refractivity contribution < 1.29 is 0 Å². The Bertz CT molecular complexity index is 213. The van der Waals surface area contributed by atoms with E-state index in [1.54, 1.807) is 5.57 Å². The smallest absolute Gasteiger partial charge is 0.0135 e. The van der Waals surface area contributed by atoms with Gasteiger partial charge in [0.05, 0.1) is 0 Å². The number of allylic oxidation sites excluding steroid dienone is 2. The molecule has 13 heavy (non-hydrogen) atoms. The molecule has 0 spiro atoms. The van der Waals surface area contributed by atoms with Crippen molar-refractivity contribution in [1.29, 1.82) is 0 Å².